The zero-order valence-corrected chi connectivity index (χ0v) is 11.6. The summed E-state index contributed by atoms with van der Waals surface area (Å²) in [4.78, 5) is -0.214. The number of halogens is 1. The molecule has 0 aliphatic carbocycles. The van der Waals surface area contributed by atoms with Crippen LogP contribution in [0.3, 0.4) is 0 Å². The van der Waals surface area contributed by atoms with Crippen LogP contribution in [-0.4, -0.2) is 15.0 Å². The molecule has 0 unspecified atom stereocenters. The van der Waals surface area contributed by atoms with E-state index in [0.29, 0.717) is 0 Å². The van der Waals surface area contributed by atoms with Gasteiger partial charge in [0, 0.05) is 6.54 Å². The van der Waals surface area contributed by atoms with E-state index in [9.17, 15) is 12.8 Å². The summed E-state index contributed by atoms with van der Waals surface area (Å²) in [5.74, 6) is -0.626. The summed E-state index contributed by atoms with van der Waals surface area (Å²) in [6.07, 6.45) is 0.828. The summed E-state index contributed by atoms with van der Waals surface area (Å²) in [5.41, 5.74) is 5.44. The highest BCUT2D eigenvalue weighted by atomic mass is 32.2. The molecule has 1 rings (SSSR count). The standard InChI is InChI=1S/C12H19FN2O2S/c1-4-12(2,3)8-15-18(16,17)11-7-9(13)5-6-10(11)14/h5-7,15H,4,8,14H2,1-3H3. The Kier molecular flexibility index (Phi) is 4.34. The lowest BCUT2D eigenvalue weighted by Crippen LogP contribution is -2.34. The first-order valence-electron chi connectivity index (χ1n) is 5.73. The third-order valence-electron chi connectivity index (χ3n) is 2.96. The van der Waals surface area contributed by atoms with Gasteiger partial charge in [-0.05, 0) is 30.0 Å². The number of nitrogens with two attached hydrogens (primary N) is 1. The third kappa shape index (κ3) is 3.68. The summed E-state index contributed by atoms with van der Waals surface area (Å²) >= 11 is 0. The molecule has 0 bridgehead atoms. The lowest BCUT2D eigenvalue weighted by atomic mass is 9.91. The average Bonchev–Trinajstić information content (AvgIpc) is 2.30. The number of anilines is 1. The predicted molar refractivity (Wildman–Crippen MR) is 70.1 cm³/mol. The minimum absolute atomic E-state index is 0.0400. The first-order chi connectivity index (χ1) is 8.18. The molecular formula is C12H19FN2O2S. The quantitative estimate of drug-likeness (QED) is 0.808. The maximum Gasteiger partial charge on any atom is 0.242 e. The molecule has 0 saturated heterocycles. The van der Waals surface area contributed by atoms with Crippen LogP contribution >= 0.6 is 0 Å². The van der Waals surface area contributed by atoms with Crippen molar-refractivity contribution in [1.82, 2.24) is 4.72 Å². The lowest BCUT2D eigenvalue weighted by molar-refractivity contribution is 0.350. The molecule has 0 aromatic heterocycles. The summed E-state index contributed by atoms with van der Waals surface area (Å²) in [5, 5.41) is 0. The number of rotatable bonds is 5. The van der Waals surface area contributed by atoms with E-state index >= 15 is 0 Å². The number of hydrogen-bond donors (Lipinski definition) is 2. The van der Waals surface area contributed by atoms with Gasteiger partial charge in [-0.1, -0.05) is 20.8 Å². The number of hydrogen-bond acceptors (Lipinski definition) is 3. The van der Waals surface area contributed by atoms with Crippen molar-refractivity contribution in [3.8, 4) is 0 Å². The molecule has 0 amide bonds. The molecule has 3 N–H and O–H groups in total. The molecule has 4 nitrogen and oxygen atoms in total. The van der Waals surface area contributed by atoms with E-state index in [-0.39, 0.29) is 22.5 Å². The van der Waals surface area contributed by atoms with Crippen LogP contribution in [0.25, 0.3) is 0 Å². The van der Waals surface area contributed by atoms with Gasteiger partial charge >= 0.3 is 0 Å². The van der Waals surface area contributed by atoms with E-state index in [2.05, 4.69) is 4.72 Å². The third-order valence-corrected chi connectivity index (χ3v) is 4.42. The highest BCUT2D eigenvalue weighted by Crippen LogP contribution is 2.22. The van der Waals surface area contributed by atoms with Crippen LogP contribution in [0.5, 0.6) is 0 Å². The Morgan fingerprint density at radius 2 is 2.00 bits per heavy atom. The topological polar surface area (TPSA) is 72.2 Å². The van der Waals surface area contributed by atoms with Gasteiger partial charge in [-0.15, -0.1) is 0 Å². The minimum Gasteiger partial charge on any atom is -0.398 e. The molecule has 18 heavy (non-hydrogen) atoms. The smallest absolute Gasteiger partial charge is 0.242 e. The van der Waals surface area contributed by atoms with E-state index in [0.717, 1.165) is 18.6 Å². The van der Waals surface area contributed by atoms with Crippen LogP contribution in [0.1, 0.15) is 27.2 Å². The van der Waals surface area contributed by atoms with Gasteiger partial charge in [-0.2, -0.15) is 0 Å². The number of benzene rings is 1. The molecule has 0 spiro atoms. The molecule has 0 saturated carbocycles. The first-order valence-corrected chi connectivity index (χ1v) is 7.21. The molecular weight excluding hydrogens is 255 g/mol. The highest BCUT2D eigenvalue weighted by molar-refractivity contribution is 7.89. The van der Waals surface area contributed by atoms with Crippen molar-refractivity contribution >= 4 is 15.7 Å². The zero-order chi connectivity index (χ0) is 14.0. The molecule has 6 heteroatoms. The Balaban J connectivity index is 2.97. The SMILES string of the molecule is CCC(C)(C)CNS(=O)(=O)c1cc(F)ccc1N. The monoisotopic (exact) mass is 274 g/mol. The second-order valence-corrected chi connectivity index (χ2v) is 6.76. The van der Waals surface area contributed by atoms with Crippen LogP contribution in [0.15, 0.2) is 23.1 Å². The molecule has 102 valence electrons. The number of nitrogen functional groups attached to an aromatic ring is 1. The van der Waals surface area contributed by atoms with E-state index < -0.39 is 15.8 Å². The molecule has 0 heterocycles. The summed E-state index contributed by atoms with van der Waals surface area (Å²) in [6, 6.07) is 3.30. The van der Waals surface area contributed by atoms with Crippen molar-refractivity contribution in [3.63, 3.8) is 0 Å². The van der Waals surface area contributed by atoms with Crippen molar-refractivity contribution < 1.29 is 12.8 Å². The normalized spacial score (nSPS) is 12.7. The maximum atomic E-state index is 13.1. The molecule has 0 fully saturated rings. The number of nitrogens with one attached hydrogen (secondary N) is 1. The van der Waals surface area contributed by atoms with Gasteiger partial charge in [-0.3, -0.25) is 0 Å². The highest BCUT2D eigenvalue weighted by Gasteiger charge is 2.22. The Bertz CT molecular complexity index is 527. The van der Waals surface area contributed by atoms with Crippen molar-refractivity contribution in [1.29, 1.82) is 0 Å². The van der Waals surface area contributed by atoms with E-state index in [4.69, 9.17) is 5.73 Å². The molecule has 0 aliphatic heterocycles. The molecule has 1 aromatic rings. The second-order valence-electron chi connectivity index (χ2n) is 5.02. The molecule has 0 atom stereocenters. The lowest BCUT2D eigenvalue weighted by Gasteiger charge is -2.23. The van der Waals surface area contributed by atoms with E-state index in [1.807, 2.05) is 20.8 Å². The maximum absolute atomic E-state index is 13.1. The number of sulfonamides is 1. The first kappa shape index (κ1) is 14.9. The summed E-state index contributed by atoms with van der Waals surface area (Å²) < 4.78 is 39.6. The van der Waals surface area contributed by atoms with Gasteiger partial charge < -0.3 is 5.73 Å². The Morgan fingerprint density at radius 3 is 2.56 bits per heavy atom. The van der Waals surface area contributed by atoms with Gasteiger partial charge in [-0.25, -0.2) is 17.5 Å². The minimum atomic E-state index is -3.77. The molecule has 0 aliphatic rings. The Morgan fingerprint density at radius 1 is 1.39 bits per heavy atom. The van der Waals surface area contributed by atoms with Crippen molar-refractivity contribution in [3.05, 3.63) is 24.0 Å². The van der Waals surface area contributed by atoms with Gasteiger partial charge in [0.15, 0.2) is 0 Å². The van der Waals surface area contributed by atoms with Crippen molar-refractivity contribution in [2.24, 2.45) is 5.41 Å². The van der Waals surface area contributed by atoms with E-state index in [1.165, 1.54) is 6.07 Å². The van der Waals surface area contributed by atoms with Crippen LogP contribution in [0, 0.1) is 11.2 Å². The van der Waals surface area contributed by atoms with Crippen LogP contribution < -0.4 is 10.5 Å². The average molecular weight is 274 g/mol. The largest absolute Gasteiger partial charge is 0.398 e. The fourth-order valence-corrected chi connectivity index (χ4v) is 2.62. The summed E-state index contributed by atoms with van der Waals surface area (Å²) in [6.45, 7) is 6.15. The molecule has 1 aromatic carbocycles. The second kappa shape index (κ2) is 5.24. The predicted octanol–water partition coefficient (Wildman–Crippen LogP) is 2.12. The fourth-order valence-electron chi connectivity index (χ4n) is 1.23. The fraction of sp³-hybridized carbons (Fsp3) is 0.500. The zero-order valence-electron chi connectivity index (χ0n) is 10.8. The Labute approximate surface area is 107 Å². The van der Waals surface area contributed by atoms with Crippen molar-refractivity contribution in [2.75, 3.05) is 12.3 Å². The molecule has 0 radical (unpaired) electrons. The van der Waals surface area contributed by atoms with Gasteiger partial charge in [0.1, 0.15) is 10.7 Å². The van der Waals surface area contributed by atoms with Crippen LogP contribution in [0.2, 0.25) is 0 Å². The van der Waals surface area contributed by atoms with Gasteiger partial charge in [0.05, 0.1) is 5.69 Å². The van der Waals surface area contributed by atoms with Gasteiger partial charge in [0.25, 0.3) is 0 Å². The van der Waals surface area contributed by atoms with Crippen LogP contribution in [-0.2, 0) is 10.0 Å². The van der Waals surface area contributed by atoms with Crippen LogP contribution in [0.4, 0.5) is 10.1 Å². The van der Waals surface area contributed by atoms with E-state index in [1.54, 1.807) is 0 Å². The Hall–Kier alpha value is -1.14. The summed E-state index contributed by atoms with van der Waals surface area (Å²) in [7, 11) is -3.77. The van der Waals surface area contributed by atoms with Gasteiger partial charge in [0.2, 0.25) is 10.0 Å². The van der Waals surface area contributed by atoms with Crippen molar-refractivity contribution in [2.45, 2.75) is 32.1 Å².